The highest BCUT2D eigenvalue weighted by Gasteiger charge is 2.34. The SMILES string of the molecule is O=P(O)(O)Sc1cc(O)cc(O)c1C(O)(O)CCc1cccc(O)c1. The lowest BCUT2D eigenvalue weighted by molar-refractivity contribution is -0.176. The van der Waals surface area contributed by atoms with Gasteiger partial charge in [0.05, 0.1) is 5.56 Å². The Morgan fingerprint density at radius 2 is 1.68 bits per heavy atom. The number of benzene rings is 2. The normalized spacial score (nSPS) is 12.3. The first-order chi connectivity index (χ1) is 11.5. The molecule has 0 aliphatic rings. The molecule has 2 aromatic rings. The topological polar surface area (TPSA) is 159 Å². The van der Waals surface area contributed by atoms with Crippen LogP contribution in [-0.2, 0) is 16.8 Å². The number of aliphatic hydroxyl groups is 2. The molecule has 0 saturated heterocycles. The Morgan fingerprint density at radius 3 is 2.28 bits per heavy atom. The molecule has 10 heteroatoms. The molecule has 0 amide bonds. The second-order valence-corrected chi connectivity index (χ2v) is 8.98. The van der Waals surface area contributed by atoms with Crippen LogP contribution in [0.25, 0.3) is 0 Å². The van der Waals surface area contributed by atoms with Gasteiger partial charge < -0.3 is 35.3 Å². The smallest absolute Gasteiger partial charge is 0.388 e. The van der Waals surface area contributed by atoms with E-state index in [1.807, 2.05) is 0 Å². The standard InChI is InChI=1S/C15H17O8PS/c16-10-3-1-2-9(6-10)4-5-15(19,20)14-12(18)7-11(17)8-13(14)25-24(21,22)23/h1-3,6-8,16-20H,4-5H2,(H2,21,22,23). The predicted octanol–water partition coefficient (Wildman–Crippen LogP) is 1.76. The monoisotopic (exact) mass is 388 g/mol. The number of rotatable bonds is 6. The lowest BCUT2D eigenvalue weighted by Crippen LogP contribution is -2.26. The van der Waals surface area contributed by atoms with Gasteiger partial charge in [0.15, 0.2) is 5.79 Å². The summed E-state index contributed by atoms with van der Waals surface area (Å²) in [6.45, 7) is -4.67. The molecule has 0 saturated carbocycles. The summed E-state index contributed by atoms with van der Waals surface area (Å²) in [7, 11) is 0. The molecule has 0 fully saturated rings. The average Bonchev–Trinajstić information content (AvgIpc) is 2.42. The van der Waals surface area contributed by atoms with Gasteiger partial charge in [0.2, 0.25) is 0 Å². The Hall–Kier alpha value is -1.74. The van der Waals surface area contributed by atoms with Crippen LogP contribution in [0.1, 0.15) is 17.5 Å². The summed E-state index contributed by atoms with van der Waals surface area (Å²) in [6, 6.07) is 7.88. The molecule has 8 nitrogen and oxygen atoms in total. The summed E-state index contributed by atoms with van der Waals surface area (Å²) in [5.74, 6) is -3.82. The molecular weight excluding hydrogens is 371 g/mol. The summed E-state index contributed by atoms with van der Waals surface area (Å²) in [5.41, 5.74) is 0.0775. The second-order valence-electron chi connectivity index (χ2n) is 5.41. The third-order valence-corrected chi connectivity index (χ3v) is 5.42. The van der Waals surface area contributed by atoms with Crippen LogP contribution in [0.2, 0.25) is 0 Å². The van der Waals surface area contributed by atoms with E-state index in [1.54, 1.807) is 12.1 Å². The van der Waals surface area contributed by atoms with E-state index in [2.05, 4.69) is 0 Å². The molecule has 2 aromatic carbocycles. The van der Waals surface area contributed by atoms with Crippen LogP contribution in [0.15, 0.2) is 41.3 Å². The van der Waals surface area contributed by atoms with Crippen molar-refractivity contribution in [1.29, 1.82) is 0 Å². The van der Waals surface area contributed by atoms with E-state index in [0.29, 0.717) is 5.56 Å². The summed E-state index contributed by atoms with van der Waals surface area (Å²) in [4.78, 5) is 17.8. The lowest BCUT2D eigenvalue weighted by Gasteiger charge is -2.26. The van der Waals surface area contributed by atoms with Gasteiger partial charge in [-0.25, -0.2) is 4.57 Å². The number of hydrogen-bond acceptors (Lipinski definition) is 7. The van der Waals surface area contributed by atoms with Crippen LogP contribution in [0.3, 0.4) is 0 Å². The van der Waals surface area contributed by atoms with E-state index < -0.39 is 29.6 Å². The fourth-order valence-corrected chi connectivity index (χ4v) is 4.33. The van der Waals surface area contributed by atoms with Crippen molar-refractivity contribution in [2.24, 2.45) is 0 Å². The lowest BCUT2D eigenvalue weighted by atomic mass is 9.97. The van der Waals surface area contributed by atoms with E-state index in [9.17, 15) is 30.1 Å². The van der Waals surface area contributed by atoms with Gasteiger partial charge >= 0.3 is 6.80 Å². The van der Waals surface area contributed by atoms with E-state index in [0.717, 1.165) is 12.1 Å². The first kappa shape index (κ1) is 19.6. The van der Waals surface area contributed by atoms with Gasteiger partial charge in [0, 0.05) is 17.4 Å². The van der Waals surface area contributed by atoms with E-state index in [-0.39, 0.29) is 34.9 Å². The first-order valence-electron chi connectivity index (χ1n) is 7.02. The fourth-order valence-electron chi connectivity index (χ4n) is 2.34. The van der Waals surface area contributed by atoms with Crippen LogP contribution in [-0.4, -0.2) is 35.3 Å². The molecule has 0 aromatic heterocycles. The number of hydrogen-bond donors (Lipinski definition) is 7. The van der Waals surface area contributed by atoms with Gasteiger partial charge in [-0.15, -0.1) is 0 Å². The number of phenolic OH excluding ortho intramolecular Hbond substituents is 3. The second kappa shape index (κ2) is 7.25. The molecule has 0 radical (unpaired) electrons. The predicted molar refractivity (Wildman–Crippen MR) is 90.2 cm³/mol. The van der Waals surface area contributed by atoms with Crippen molar-refractivity contribution < 1.29 is 39.9 Å². The highest BCUT2D eigenvalue weighted by Crippen LogP contribution is 2.58. The van der Waals surface area contributed by atoms with Crippen LogP contribution in [0.4, 0.5) is 0 Å². The quantitative estimate of drug-likeness (QED) is 0.289. The molecule has 0 atom stereocenters. The zero-order valence-corrected chi connectivity index (χ0v) is 14.5. The Bertz CT molecular complexity index is 817. The largest absolute Gasteiger partial charge is 0.508 e. The van der Waals surface area contributed by atoms with Crippen molar-refractivity contribution in [2.75, 3.05) is 0 Å². The zero-order chi connectivity index (χ0) is 18.8. The summed E-state index contributed by atoms with van der Waals surface area (Å²) < 4.78 is 11.2. The Balaban J connectivity index is 2.35. The van der Waals surface area contributed by atoms with Crippen molar-refractivity contribution >= 4 is 18.2 Å². The molecule has 0 aliphatic carbocycles. The molecule has 7 N–H and O–H groups in total. The summed E-state index contributed by atoms with van der Waals surface area (Å²) >= 11 is -0.00664. The van der Waals surface area contributed by atoms with Crippen molar-refractivity contribution in [3.63, 3.8) is 0 Å². The summed E-state index contributed by atoms with van der Waals surface area (Å²) in [5, 5.41) is 49.6. The van der Waals surface area contributed by atoms with Gasteiger partial charge in [-0.1, -0.05) is 12.1 Å². The molecule has 0 spiro atoms. The maximum absolute atomic E-state index is 11.2. The highest BCUT2D eigenvalue weighted by molar-refractivity contribution is 8.54. The summed E-state index contributed by atoms with van der Waals surface area (Å²) in [6.07, 6.45) is -0.231. The van der Waals surface area contributed by atoms with Gasteiger partial charge in [-0.3, -0.25) is 0 Å². The third-order valence-electron chi connectivity index (χ3n) is 3.36. The molecule has 25 heavy (non-hydrogen) atoms. The molecular formula is C15H17O8PS. The Labute approximate surface area is 146 Å². The highest BCUT2D eigenvalue weighted by atomic mass is 32.7. The number of aryl methyl sites for hydroxylation is 1. The molecule has 0 bridgehead atoms. The Kier molecular flexibility index (Phi) is 5.68. The minimum Gasteiger partial charge on any atom is -0.508 e. The minimum atomic E-state index is -4.67. The maximum Gasteiger partial charge on any atom is 0.388 e. The van der Waals surface area contributed by atoms with Crippen molar-refractivity contribution in [3.8, 4) is 17.2 Å². The van der Waals surface area contributed by atoms with Crippen LogP contribution in [0, 0.1) is 0 Å². The van der Waals surface area contributed by atoms with E-state index >= 15 is 0 Å². The van der Waals surface area contributed by atoms with Crippen molar-refractivity contribution in [3.05, 3.63) is 47.5 Å². The van der Waals surface area contributed by atoms with Gasteiger partial charge in [-0.05, 0) is 41.6 Å². The number of phenols is 3. The zero-order valence-electron chi connectivity index (χ0n) is 12.8. The van der Waals surface area contributed by atoms with E-state index in [4.69, 9.17) is 9.79 Å². The van der Waals surface area contributed by atoms with Crippen molar-refractivity contribution in [1.82, 2.24) is 0 Å². The molecule has 2 rings (SSSR count). The van der Waals surface area contributed by atoms with Crippen molar-refractivity contribution in [2.45, 2.75) is 23.5 Å². The van der Waals surface area contributed by atoms with Gasteiger partial charge in [0.1, 0.15) is 17.2 Å². The minimum absolute atomic E-state index is 0.00389. The average molecular weight is 388 g/mol. The van der Waals surface area contributed by atoms with Crippen LogP contribution in [0.5, 0.6) is 17.2 Å². The number of aromatic hydroxyl groups is 3. The molecule has 0 heterocycles. The van der Waals surface area contributed by atoms with Gasteiger partial charge in [0.25, 0.3) is 0 Å². The fraction of sp³-hybridized carbons (Fsp3) is 0.200. The first-order valence-corrected chi connectivity index (χ1v) is 10.1. The van der Waals surface area contributed by atoms with Gasteiger partial charge in [-0.2, -0.15) is 0 Å². The Morgan fingerprint density at radius 1 is 1.00 bits per heavy atom. The van der Waals surface area contributed by atoms with Crippen LogP contribution < -0.4 is 0 Å². The molecule has 0 unspecified atom stereocenters. The van der Waals surface area contributed by atoms with Crippen LogP contribution >= 0.6 is 18.2 Å². The molecule has 136 valence electrons. The third kappa shape index (κ3) is 5.37. The van der Waals surface area contributed by atoms with E-state index in [1.165, 1.54) is 12.1 Å². The molecule has 0 aliphatic heterocycles. The maximum atomic E-state index is 11.2.